The third kappa shape index (κ3) is 4.69. The minimum atomic E-state index is 0.496. The summed E-state index contributed by atoms with van der Waals surface area (Å²) in [5.74, 6) is 1.39. The van der Waals surface area contributed by atoms with E-state index in [1.54, 1.807) is 11.3 Å². The van der Waals surface area contributed by atoms with Crippen molar-refractivity contribution < 1.29 is 0 Å². The van der Waals surface area contributed by atoms with Crippen LogP contribution in [-0.4, -0.2) is 28.0 Å². The molecule has 0 saturated carbocycles. The van der Waals surface area contributed by atoms with Gasteiger partial charge in [0.15, 0.2) is 0 Å². The molecular weight excluding hydrogens is 424 g/mol. The van der Waals surface area contributed by atoms with Gasteiger partial charge in [-0.3, -0.25) is 4.98 Å². The van der Waals surface area contributed by atoms with Gasteiger partial charge in [0.25, 0.3) is 0 Å². The van der Waals surface area contributed by atoms with Crippen LogP contribution in [0.1, 0.15) is 25.3 Å². The summed E-state index contributed by atoms with van der Waals surface area (Å²) in [6.45, 7) is 8.48. The Labute approximate surface area is 199 Å². The van der Waals surface area contributed by atoms with Crippen molar-refractivity contribution in [1.29, 1.82) is 0 Å². The molecule has 3 heterocycles. The van der Waals surface area contributed by atoms with E-state index in [9.17, 15) is 0 Å². The maximum absolute atomic E-state index is 4.68. The molecule has 0 spiro atoms. The summed E-state index contributed by atoms with van der Waals surface area (Å²) in [4.78, 5) is 12.5. The van der Waals surface area contributed by atoms with Gasteiger partial charge in [-0.05, 0) is 48.4 Å². The Hall–Kier alpha value is -3.44. The van der Waals surface area contributed by atoms with E-state index in [1.165, 1.54) is 27.1 Å². The second-order valence-electron chi connectivity index (χ2n) is 8.44. The van der Waals surface area contributed by atoms with Crippen LogP contribution in [-0.2, 0) is 0 Å². The number of nitrogens with zero attached hydrogens (tertiary/aromatic N) is 3. The molecule has 1 N–H and O–H groups in total. The lowest BCUT2D eigenvalue weighted by Gasteiger charge is -2.36. The molecule has 0 radical (unpaired) electrons. The number of fused-ring (bicyclic) bond motifs is 1. The second-order valence-corrected chi connectivity index (χ2v) is 9.33. The average molecular weight is 453 g/mol. The van der Waals surface area contributed by atoms with Gasteiger partial charge in [-0.25, -0.2) is 4.98 Å². The van der Waals surface area contributed by atoms with Crippen LogP contribution in [0.3, 0.4) is 0 Å². The monoisotopic (exact) mass is 452 g/mol. The highest BCUT2D eigenvalue weighted by molar-refractivity contribution is 7.13. The first-order valence-corrected chi connectivity index (χ1v) is 12.3. The summed E-state index contributed by atoms with van der Waals surface area (Å²) in [6, 6.07) is 19.1. The summed E-state index contributed by atoms with van der Waals surface area (Å²) in [5, 5.41) is 5.95. The zero-order chi connectivity index (χ0) is 22.6. The van der Waals surface area contributed by atoms with Crippen molar-refractivity contribution in [2.75, 3.05) is 18.4 Å². The van der Waals surface area contributed by atoms with Gasteiger partial charge in [0.2, 0.25) is 0 Å². The number of hydrogen-bond donors (Lipinski definition) is 1. The van der Waals surface area contributed by atoms with Gasteiger partial charge in [-0.1, -0.05) is 55.1 Å². The lowest BCUT2D eigenvalue weighted by molar-refractivity contribution is 0.279. The third-order valence-corrected chi connectivity index (χ3v) is 7.27. The van der Waals surface area contributed by atoms with Gasteiger partial charge in [-0.2, -0.15) is 0 Å². The van der Waals surface area contributed by atoms with Gasteiger partial charge < -0.3 is 10.2 Å². The van der Waals surface area contributed by atoms with Crippen molar-refractivity contribution >= 4 is 33.6 Å². The molecule has 1 aliphatic heterocycles. The highest BCUT2D eigenvalue weighted by atomic mass is 32.1. The molecular formula is C28H28N4S. The first kappa shape index (κ1) is 21.4. The molecule has 1 saturated heterocycles. The number of rotatable bonds is 6. The first-order chi connectivity index (χ1) is 16.2. The second kappa shape index (κ2) is 9.59. The van der Waals surface area contributed by atoms with Crippen LogP contribution >= 0.6 is 11.3 Å². The molecule has 2 aromatic heterocycles. The minimum absolute atomic E-state index is 0.496. The van der Waals surface area contributed by atoms with E-state index in [2.05, 4.69) is 88.3 Å². The topological polar surface area (TPSA) is 41.0 Å². The molecule has 2 aromatic carbocycles. The third-order valence-electron chi connectivity index (χ3n) is 6.45. The fraction of sp³-hybridized carbons (Fsp3) is 0.214. The van der Waals surface area contributed by atoms with E-state index in [0.717, 1.165) is 42.8 Å². The van der Waals surface area contributed by atoms with E-state index in [-0.39, 0.29) is 0 Å². The predicted molar refractivity (Wildman–Crippen MR) is 140 cm³/mol. The Bertz CT molecular complexity index is 1270. The van der Waals surface area contributed by atoms with Crippen molar-refractivity contribution in [3.05, 3.63) is 96.4 Å². The zero-order valence-corrected chi connectivity index (χ0v) is 19.7. The van der Waals surface area contributed by atoms with Crippen LogP contribution in [0.15, 0.2) is 90.9 Å². The highest BCUT2D eigenvalue weighted by Crippen LogP contribution is 2.31. The number of pyridine rings is 1. The summed E-state index contributed by atoms with van der Waals surface area (Å²) >= 11 is 1.66. The number of benzene rings is 2. The summed E-state index contributed by atoms with van der Waals surface area (Å²) in [5.41, 5.74) is 6.65. The molecule has 5 heteroatoms. The fourth-order valence-corrected chi connectivity index (χ4v) is 5.17. The Balaban J connectivity index is 1.27. The number of piperidine rings is 1. The lowest BCUT2D eigenvalue weighted by Crippen LogP contribution is -2.33. The largest absolute Gasteiger partial charge is 0.371 e. The number of aromatic nitrogens is 2. The van der Waals surface area contributed by atoms with E-state index in [1.807, 2.05) is 24.0 Å². The highest BCUT2D eigenvalue weighted by Gasteiger charge is 2.23. The number of hydrogen-bond acceptors (Lipinski definition) is 5. The van der Waals surface area contributed by atoms with Crippen LogP contribution in [0.5, 0.6) is 0 Å². The molecule has 33 heavy (non-hydrogen) atoms. The number of nitrogens with one attached hydrogen (secondary N) is 1. The van der Waals surface area contributed by atoms with E-state index < -0.39 is 0 Å². The Kier molecular flexibility index (Phi) is 6.22. The predicted octanol–water partition coefficient (Wildman–Crippen LogP) is 7.06. The number of anilines is 1. The minimum Gasteiger partial charge on any atom is -0.371 e. The van der Waals surface area contributed by atoms with Crippen molar-refractivity contribution in [2.24, 2.45) is 5.92 Å². The fourth-order valence-electron chi connectivity index (χ4n) is 4.55. The molecule has 1 aliphatic rings. The van der Waals surface area contributed by atoms with Gasteiger partial charge in [0, 0.05) is 48.2 Å². The molecule has 5 rings (SSSR count). The molecule has 4 nitrogen and oxygen atoms in total. The number of thiazole rings is 1. The Morgan fingerprint density at radius 1 is 1.06 bits per heavy atom. The standard InChI is InChI=1S/C28H28N4S/c1-3-26(22-11-13-32(14-12-22)20(2)21-7-5-4-6-8-21)31-28-16-25-15-23(27-18-29-19-33-27)9-10-24(25)17-30-28/h3-10,15-19,22H,2,11-14H2,1H3,(H,30,31)/b26-3+. The van der Waals surface area contributed by atoms with Crippen LogP contribution in [0.4, 0.5) is 5.82 Å². The summed E-state index contributed by atoms with van der Waals surface area (Å²) < 4.78 is 0. The van der Waals surface area contributed by atoms with E-state index >= 15 is 0 Å². The molecule has 0 amide bonds. The van der Waals surface area contributed by atoms with Crippen molar-refractivity contribution in [1.82, 2.24) is 14.9 Å². The summed E-state index contributed by atoms with van der Waals surface area (Å²) in [7, 11) is 0. The van der Waals surface area contributed by atoms with Gasteiger partial charge in [-0.15, -0.1) is 11.3 Å². The van der Waals surface area contributed by atoms with Crippen molar-refractivity contribution in [3.63, 3.8) is 0 Å². The molecule has 0 aliphatic carbocycles. The molecule has 166 valence electrons. The van der Waals surface area contributed by atoms with Crippen LogP contribution in [0.2, 0.25) is 0 Å². The normalized spacial score (nSPS) is 15.1. The lowest BCUT2D eigenvalue weighted by atomic mass is 9.92. The van der Waals surface area contributed by atoms with Gasteiger partial charge in [0.05, 0.1) is 10.4 Å². The molecule has 4 aromatic rings. The number of likely N-dealkylation sites (tertiary alicyclic amines) is 1. The average Bonchev–Trinajstić information content (AvgIpc) is 3.42. The van der Waals surface area contributed by atoms with E-state index in [4.69, 9.17) is 0 Å². The molecule has 1 fully saturated rings. The number of allylic oxidation sites excluding steroid dienone is 2. The summed E-state index contributed by atoms with van der Waals surface area (Å²) in [6.07, 6.45) is 8.27. The van der Waals surface area contributed by atoms with Crippen molar-refractivity contribution in [2.45, 2.75) is 19.8 Å². The van der Waals surface area contributed by atoms with Crippen molar-refractivity contribution in [3.8, 4) is 10.4 Å². The van der Waals surface area contributed by atoms with Crippen LogP contribution < -0.4 is 5.32 Å². The SMILES string of the molecule is C=C(c1ccccc1)N1CCC(/C(=C\C)Nc2cc3cc(-c4cncs4)ccc3cn2)CC1. The van der Waals surface area contributed by atoms with E-state index in [0.29, 0.717) is 5.92 Å². The zero-order valence-electron chi connectivity index (χ0n) is 18.9. The van der Waals surface area contributed by atoms with Crippen LogP contribution in [0.25, 0.3) is 26.9 Å². The Morgan fingerprint density at radius 3 is 2.61 bits per heavy atom. The molecule has 0 atom stereocenters. The van der Waals surface area contributed by atoms with Gasteiger partial charge in [0.1, 0.15) is 5.82 Å². The molecule has 0 bridgehead atoms. The first-order valence-electron chi connectivity index (χ1n) is 11.4. The maximum Gasteiger partial charge on any atom is 0.130 e. The Morgan fingerprint density at radius 2 is 1.88 bits per heavy atom. The van der Waals surface area contributed by atoms with Crippen LogP contribution in [0, 0.1) is 5.92 Å². The van der Waals surface area contributed by atoms with Gasteiger partial charge >= 0.3 is 0 Å². The maximum atomic E-state index is 4.68. The molecule has 0 unspecified atom stereocenters. The quantitative estimate of drug-likeness (QED) is 0.340. The smallest absolute Gasteiger partial charge is 0.130 e.